The second kappa shape index (κ2) is 5.26. The predicted molar refractivity (Wildman–Crippen MR) is 57.5 cm³/mol. The van der Waals surface area contributed by atoms with Gasteiger partial charge < -0.3 is 19.5 Å². The van der Waals surface area contributed by atoms with Gasteiger partial charge in [0.2, 0.25) is 0 Å². The van der Waals surface area contributed by atoms with Crippen LogP contribution >= 0.6 is 0 Å². The number of carboxylic acids is 1. The maximum atomic E-state index is 12.6. The Morgan fingerprint density at radius 1 is 1.26 bits per heavy atom. The number of nitrogens with zero attached hydrogens (tertiary/aromatic N) is 1. The van der Waals surface area contributed by atoms with Crippen LogP contribution in [-0.4, -0.2) is 60.8 Å². The Hall–Kier alpha value is -0.860. The summed E-state index contributed by atoms with van der Waals surface area (Å²) in [7, 11) is 0. The maximum absolute atomic E-state index is 12.6. The molecule has 0 aromatic carbocycles. The minimum absolute atomic E-state index is 0.347. The summed E-state index contributed by atoms with van der Waals surface area (Å²) in [4.78, 5) is 12.2. The van der Waals surface area contributed by atoms with E-state index in [0.717, 1.165) is 0 Å². The van der Waals surface area contributed by atoms with Crippen molar-refractivity contribution in [3.8, 4) is 0 Å². The van der Waals surface area contributed by atoms with E-state index in [2.05, 4.69) is 0 Å². The van der Waals surface area contributed by atoms with E-state index >= 15 is 0 Å². The van der Waals surface area contributed by atoms with Crippen LogP contribution in [0.15, 0.2) is 0 Å². The number of ether oxygens (including phenoxy) is 2. The highest BCUT2D eigenvalue weighted by molar-refractivity contribution is 5.71. The number of aliphatic carboxylic acids is 1. The Morgan fingerprint density at radius 2 is 1.79 bits per heavy atom. The van der Waals surface area contributed by atoms with Gasteiger partial charge in [-0.2, -0.15) is 13.2 Å². The van der Waals surface area contributed by atoms with Gasteiger partial charge in [-0.25, -0.2) is 0 Å². The van der Waals surface area contributed by atoms with Gasteiger partial charge in [0, 0.05) is 32.5 Å². The van der Waals surface area contributed by atoms with Crippen molar-refractivity contribution >= 4 is 5.97 Å². The van der Waals surface area contributed by atoms with Crippen LogP contribution in [0.2, 0.25) is 0 Å². The van der Waals surface area contributed by atoms with Crippen LogP contribution in [0.3, 0.4) is 0 Å². The van der Waals surface area contributed by atoms with Crippen molar-refractivity contribution in [3.63, 3.8) is 0 Å². The second-order valence-corrected chi connectivity index (χ2v) is 4.84. The Morgan fingerprint density at radius 3 is 2.21 bits per heavy atom. The fourth-order valence-electron chi connectivity index (χ4n) is 2.44. The van der Waals surface area contributed by atoms with E-state index in [1.165, 1.54) is 4.90 Å². The molecule has 110 valence electrons. The molecule has 0 aliphatic carbocycles. The maximum Gasteiger partial charge on any atom is 0.403 e. The number of alkyl halides is 3. The number of halogens is 3. The Balaban J connectivity index is 1.89. The number of hydrogen-bond donors (Lipinski definition) is 1. The summed E-state index contributed by atoms with van der Waals surface area (Å²) in [5.41, 5.74) is 0. The first-order valence-corrected chi connectivity index (χ1v) is 6.12. The van der Waals surface area contributed by atoms with Gasteiger partial charge in [-0.3, -0.25) is 4.79 Å². The third-order valence-electron chi connectivity index (χ3n) is 3.57. The van der Waals surface area contributed by atoms with Crippen LogP contribution in [0.1, 0.15) is 12.8 Å². The number of likely N-dealkylation sites (tertiary alicyclic amines) is 1. The average Bonchev–Trinajstić information content (AvgIpc) is 2.75. The zero-order chi connectivity index (χ0) is 14.1. The Labute approximate surface area is 108 Å². The van der Waals surface area contributed by atoms with Crippen LogP contribution in [0.5, 0.6) is 0 Å². The average molecular weight is 283 g/mol. The lowest BCUT2D eigenvalue weighted by atomic mass is 10.0. The van der Waals surface area contributed by atoms with Crippen LogP contribution in [0, 0.1) is 5.92 Å². The highest BCUT2D eigenvalue weighted by atomic mass is 19.4. The molecule has 2 saturated heterocycles. The van der Waals surface area contributed by atoms with Gasteiger partial charge in [-0.15, -0.1) is 0 Å². The molecule has 2 heterocycles. The summed E-state index contributed by atoms with van der Waals surface area (Å²) in [6.07, 6.45) is -3.78. The lowest BCUT2D eigenvalue weighted by Crippen LogP contribution is -2.49. The zero-order valence-electron chi connectivity index (χ0n) is 10.3. The van der Waals surface area contributed by atoms with Crippen LogP contribution in [0.25, 0.3) is 0 Å². The minimum atomic E-state index is -4.72. The Kier molecular flexibility index (Phi) is 4.03. The molecule has 0 radical (unpaired) electrons. The van der Waals surface area contributed by atoms with Gasteiger partial charge >= 0.3 is 12.1 Å². The topological polar surface area (TPSA) is 59.0 Å². The second-order valence-electron chi connectivity index (χ2n) is 4.84. The lowest BCUT2D eigenvalue weighted by Gasteiger charge is -2.38. The molecule has 1 atom stereocenters. The van der Waals surface area contributed by atoms with Gasteiger partial charge in [-0.05, 0) is 0 Å². The molecule has 2 fully saturated rings. The van der Waals surface area contributed by atoms with Crippen molar-refractivity contribution in [2.75, 3.05) is 32.8 Å². The van der Waals surface area contributed by atoms with Crippen LogP contribution < -0.4 is 0 Å². The van der Waals surface area contributed by atoms with E-state index in [4.69, 9.17) is 14.6 Å². The molecule has 0 aromatic rings. The third kappa shape index (κ3) is 3.37. The van der Waals surface area contributed by atoms with E-state index in [-0.39, 0.29) is 0 Å². The molecular weight excluding hydrogens is 267 g/mol. The van der Waals surface area contributed by atoms with Gasteiger partial charge in [0.05, 0.1) is 13.2 Å². The highest BCUT2D eigenvalue weighted by Crippen LogP contribution is 2.33. The summed E-state index contributed by atoms with van der Waals surface area (Å²) >= 11 is 0. The molecule has 1 N–H and O–H groups in total. The Bertz CT molecular complexity index is 331. The smallest absolute Gasteiger partial charge is 0.403 e. The summed E-state index contributed by atoms with van der Waals surface area (Å²) in [6.45, 7) is 1.18. The number of rotatable bonds is 3. The van der Waals surface area contributed by atoms with Gasteiger partial charge in [0.15, 0.2) is 11.7 Å². The van der Waals surface area contributed by atoms with Crippen molar-refractivity contribution in [2.24, 2.45) is 5.92 Å². The monoisotopic (exact) mass is 283 g/mol. The van der Waals surface area contributed by atoms with Crippen molar-refractivity contribution in [1.29, 1.82) is 0 Å². The quantitative estimate of drug-likeness (QED) is 0.840. The van der Waals surface area contributed by atoms with Crippen LogP contribution in [-0.2, 0) is 14.3 Å². The van der Waals surface area contributed by atoms with Gasteiger partial charge in [0.25, 0.3) is 0 Å². The zero-order valence-corrected chi connectivity index (χ0v) is 10.3. The standard InChI is InChI=1S/C11H16F3NO4/c12-11(13,14)8(9(16)17)7-15-3-1-10(2-4-15)18-5-6-19-10/h8H,1-7H2,(H,16,17). The molecule has 0 aromatic heterocycles. The number of hydrogen-bond acceptors (Lipinski definition) is 4. The van der Waals surface area contributed by atoms with Gasteiger partial charge in [0.1, 0.15) is 0 Å². The van der Waals surface area contributed by atoms with Crippen molar-refractivity contribution in [2.45, 2.75) is 24.8 Å². The molecule has 19 heavy (non-hydrogen) atoms. The molecular formula is C11H16F3NO4. The largest absolute Gasteiger partial charge is 0.481 e. The fourth-order valence-corrected chi connectivity index (χ4v) is 2.44. The third-order valence-corrected chi connectivity index (χ3v) is 3.57. The first-order chi connectivity index (χ1) is 8.82. The molecule has 1 unspecified atom stereocenters. The number of carboxylic acid groups (broad SMARTS) is 1. The molecule has 2 aliphatic rings. The summed E-state index contributed by atoms with van der Waals surface area (Å²) in [5.74, 6) is -4.83. The summed E-state index contributed by atoms with van der Waals surface area (Å²) in [5, 5.41) is 8.65. The summed E-state index contributed by atoms with van der Waals surface area (Å²) in [6, 6.07) is 0. The summed E-state index contributed by atoms with van der Waals surface area (Å²) < 4.78 is 48.6. The lowest BCUT2D eigenvalue weighted by molar-refractivity contribution is -0.205. The molecule has 8 heteroatoms. The predicted octanol–water partition coefficient (Wildman–Crippen LogP) is 1.09. The van der Waals surface area contributed by atoms with E-state index in [9.17, 15) is 18.0 Å². The molecule has 0 saturated carbocycles. The fraction of sp³-hybridized carbons (Fsp3) is 0.909. The van der Waals surface area contributed by atoms with Crippen molar-refractivity contribution in [3.05, 3.63) is 0 Å². The molecule has 0 amide bonds. The molecule has 5 nitrogen and oxygen atoms in total. The minimum Gasteiger partial charge on any atom is -0.481 e. The molecule has 2 aliphatic heterocycles. The molecule has 0 bridgehead atoms. The SMILES string of the molecule is O=C(O)C(CN1CCC2(CC1)OCCO2)C(F)(F)F. The van der Waals surface area contributed by atoms with Crippen molar-refractivity contribution < 1.29 is 32.5 Å². The highest BCUT2D eigenvalue weighted by Gasteiger charge is 2.47. The number of piperidine rings is 1. The number of carbonyl (C=O) groups is 1. The van der Waals surface area contributed by atoms with Crippen LogP contribution in [0.4, 0.5) is 13.2 Å². The molecule has 2 rings (SSSR count). The first-order valence-electron chi connectivity index (χ1n) is 6.12. The first kappa shape index (κ1) is 14.5. The van der Waals surface area contributed by atoms with E-state index in [0.29, 0.717) is 39.1 Å². The van der Waals surface area contributed by atoms with E-state index in [1.54, 1.807) is 0 Å². The van der Waals surface area contributed by atoms with Crippen molar-refractivity contribution in [1.82, 2.24) is 4.90 Å². The van der Waals surface area contributed by atoms with Gasteiger partial charge in [-0.1, -0.05) is 0 Å². The normalized spacial score (nSPS) is 25.6. The van der Waals surface area contributed by atoms with E-state index < -0.39 is 30.4 Å². The molecule has 1 spiro atoms. The van der Waals surface area contributed by atoms with E-state index in [1.807, 2.05) is 0 Å².